The summed E-state index contributed by atoms with van der Waals surface area (Å²) in [4.78, 5) is 14.5. The molecule has 3 rings (SSSR count). The molecule has 0 saturated carbocycles. The number of ether oxygens (including phenoxy) is 3. The Morgan fingerprint density at radius 1 is 1.15 bits per heavy atom. The number of carbonyl (C=O) groups is 1. The van der Waals surface area contributed by atoms with Crippen molar-refractivity contribution in [1.29, 1.82) is 0 Å². The Morgan fingerprint density at radius 2 is 1.89 bits per heavy atom. The zero-order chi connectivity index (χ0) is 19.4. The summed E-state index contributed by atoms with van der Waals surface area (Å²) in [6.07, 6.45) is 1.80. The Morgan fingerprint density at radius 3 is 2.59 bits per heavy atom. The van der Waals surface area contributed by atoms with Gasteiger partial charge in [0, 0.05) is 6.54 Å². The number of methoxy groups -OCH3 is 2. The van der Waals surface area contributed by atoms with Crippen LogP contribution in [0.1, 0.15) is 24.4 Å². The summed E-state index contributed by atoms with van der Waals surface area (Å²) in [7, 11) is 3.18. The standard InChI is InChI=1S/C20H21BrFNO4/c1-25-18-7-5-13(10-19(18)26-2)16-4-3-9-23(16)20(24)12-27-17-8-6-14(22)11-15(17)21/h5-8,10-11,16H,3-4,9,12H2,1-2H3/t16-/m0/s1. The minimum Gasteiger partial charge on any atom is -0.493 e. The molecule has 0 unspecified atom stereocenters. The minimum absolute atomic E-state index is 0.0300. The van der Waals surface area contributed by atoms with Crippen molar-refractivity contribution in [2.24, 2.45) is 0 Å². The SMILES string of the molecule is COc1ccc([C@@H]2CCCN2C(=O)COc2ccc(F)cc2Br)cc1OC. The van der Waals surface area contributed by atoms with Gasteiger partial charge in [-0.05, 0) is 64.7 Å². The van der Waals surface area contributed by atoms with Crippen LogP contribution in [-0.4, -0.2) is 38.2 Å². The molecular weight excluding hydrogens is 417 g/mol. The molecule has 2 aromatic carbocycles. The van der Waals surface area contributed by atoms with E-state index in [1.54, 1.807) is 14.2 Å². The Balaban J connectivity index is 1.71. The highest BCUT2D eigenvalue weighted by molar-refractivity contribution is 9.10. The maximum atomic E-state index is 13.2. The molecule has 2 aromatic rings. The second-order valence-corrected chi connectivity index (χ2v) is 7.08. The van der Waals surface area contributed by atoms with Crippen LogP contribution in [0.15, 0.2) is 40.9 Å². The zero-order valence-corrected chi connectivity index (χ0v) is 16.8. The summed E-state index contributed by atoms with van der Waals surface area (Å²) in [6.45, 7) is 0.569. The van der Waals surface area contributed by atoms with Crippen molar-refractivity contribution in [2.75, 3.05) is 27.4 Å². The summed E-state index contributed by atoms with van der Waals surface area (Å²) < 4.78 is 29.9. The molecule has 27 heavy (non-hydrogen) atoms. The average molecular weight is 438 g/mol. The molecule has 1 fully saturated rings. The molecular formula is C20H21BrFNO4. The van der Waals surface area contributed by atoms with Crippen LogP contribution in [0.5, 0.6) is 17.2 Å². The van der Waals surface area contributed by atoms with E-state index in [0.717, 1.165) is 18.4 Å². The third kappa shape index (κ3) is 4.35. The zero-order valence-electron chi connectivity index (χ0n) is 15.2. The molecule has 1 saturated heterocycles. The van der Waals surface area contributed by atoms with Gasteiger partial charge in [0.05, 0.1) is 24.7 Å². The van der Waals surface area contributed by atoms with Gasteiger partial charge in [-0.15, -0.1) is 0 Å². The van der Waals surface area contributed by atoms with Gasteiger partial charge in [0.25, 0.3) is 5.91 Å². The van der Waals surface area contributed by atoms with Gasteiger partial charge in [-0.1, -0.05) is 6.07 Å². The molecule has 1 aliphatic heterocycles. The van der Waals surface area contributed by atoms with E-state index >= 15 is 0 Å². The molecule has 1 atom stereocenters. The third-order valence-electron chi connectivity index (χ3n) is 4.61. The predicted octanol–water partition coefficient (Wildman–Crippen LogP) is 4.35. The number of halogens is 2. The number of benzene rings is 2. The van der Waals surface area contributed by atoms with E-state index < -0.39 is 0 Å². The first-order chi connectivity index (χ1) is 13.0. The largest absolute Gasteiger partial charge is 0.493 e. The van der Waals surface area contributed by atoms with E-state index in [0.29, 0.717) is 28.3 Å². The summed E-state index contributed by atoms with van der Waals surface area (Å²) in [6, 6.07) is 9.79. The topological polar surface area (TPSA) is 48.0 Å². The highest BCUT2D eigenvalue weighted by Gasteiger charge is 2.30. The van der Waals surface area contributed by atoms with Crippen molar-refractivity contribution in [3.63, 3.8) is 0 Å². The molecule has 0 radical (unpaired) electrons. The second kappa shape index (κ2) is 8.61. The van der Waals surface area contributed by atoms with E-state index in [1.165, 1.54) is 18.2 Å². The van der Waals surface area contributed by atoms with E-state index in [2.05, 4.69) is 15.9 Å². The molecule has 0 spiro atoms. The van der Waals surface area contributed by atoms with Gasteiger partial charge in [-0.3, -0.25) is 4.79 Å². The highest BCUT2D eigenvalue weighted by Crippen LogP contribution is 2.37. The van der Waals surface area contributed by atoms with Crippen LogP contribution in [0.3, 0.4) is 0 Å². The summed E-state index contributed by atoms with van der Waals surface area (Å²) in [5, 5.41) is 0. The van der Waals surface area contributed by atoms with Crippen molar-refractivity contribution in [3.05, 3.63) is 52.3 Å². The van der Waals surface area contributed by atoms with Crippen molar-refractivity contribution in [1.82, 2.24) is 4.90 Å². The number of likely N-dealkylation sites (tertiary alicyclic amines) is 1. The molecule has 0 aliphatic carbocycles. The van der Waals surface area contributed by atoms with E-state index in [1.807, 2.05) is 23.1 Å². The van der Waals surface area contributed by atoms with Gasteiger partial charge in [0.2, 0.25) is 0 Å². The fraction of sp³-hybridized carbons (Fsp3) is 0.350. The van der Waals surface area contributed by atoms with Crippen LogP contribution in [0.2, 0.25) is 0 Å². The van der Waals surface area contributed by atoms with Crippen molar-refractivity contribution in [2.45, 2.75) is 18.9 Å². The molecule has 1 heterocycles. The van der Waals surface area contributed by atoms with Gasteiger partial charge in [0.1, 0.15) is 11.6 Å². The highest BCUT2D eigenvalue weighted by atomic mass is 79.9. The van der Waals surface area contributed by atoms with Gasteiger partial charge in [-0.2, -0.15) is 0 Å². The van der Waals surface area contributed by atoms with E-state index in [4.69, 9.17) is 14.2 Å². The van der Waals surface area contributed by atoms with Crippen LogP contribution in [0.4, 0.5) is 4.39 Å². The van der Waals surface area contributed by atoms with E-state index in [-0.39, 0.29) is 24.4 Å². The van der Waals surface area contributed by atoms with Crippen LogP contribution in [0.25, 0.3) is 0 Å². The van der Waals surface area contributed by atoms with Gasteiger partial charge in [-0.25, -0.2) is 4.39 Å². The first-order valence-corrected chi connectivity index (χ1v) is 9.42. The first kappa shape index (κ1) is 19.5. The number of hydrogen-bond donors (Lipinski definition) is 0. The van der Waals surface area contributed by atoms with Crippen molar-refractivity contribution < 1.29 is 23.4 Å². The summed E-state index contributed by atoms with van der Waals surface area (Å²) in [5.41, 5.74) is 1.00. The number of nitrogens with zero attached hydrogens (tertiary/aromatic N) is 1. The molecule has 0 aromatic heterocycles. The lowest BCUT2D eigenvalue weighted by molar-refractivity contribution is -0.134. The molecule has 144 valence electrons. The van der Waals surface area contributed by atoms with Crippen molar-refractivity contribution >= 4 is 21.8 Å². The number of rotatable bonds is 6. The first-order valence-electron chi connectivity index (χ1n) is 8.62. The lowest BCUT2D eigenvalue weighted by atomic mass is 10.0. The predicted molar refractivity (Wildman–Crippen MR) is 103 cm³/mol. The fourth-order valence-electron chi connectivity index (χ4n) is 3.29. The maximum absolute atomic E-state index is 13.2. The second-order valence-electron chi connectivity index (χ2n) is 6.22. The monoisotopic (exact) mass is 437 g/mol. The number of hydrogen-bond acceptors (Lipinski definition) is 4. The number of amides is 1. The number of carbonyl (C=O) groups excluding carboxylic acids is 1. The Labute approximate surface area is 166 Å². The maximum Gasteiger partial charge on any atom is 0.261 e. The van der Waals surface area contributed by atoms with Crippen LogP contribution in [0, 0.1) is 5.82 Å². The Kier molecular flexibility index (Phi) is 6.21. The molecule has 5 nitrogen and oxygen atoms in total. The lowest BCUT2D eigenvalue weighted by Crippen LogP contribution is -2.34. The molecule has 0 bridgehead atoms. The lowest BCUT2D eigenvalue weighted by Gasteiger charge is -2.26. The van der Waals surface area contributed by atoms with Gasteiger partial charge in [0.15, 0.2) is 18.1 Å². The Bertz CT molecular complexity index is 830. The summed E-state index contributed by atoms with van der Waals surface area (Å²) in [5.74, 6) is 1.26. The fourth-order valence-corrected chi connectivity index (χ4v) is 3.75. The molecule has 1 aliphatic rings. The van der Waals surface area contributed by atoms with Crippen LogP contribution < -0.4 is 14.2 Å². The third-order valence-corrected chi connectivity index (χ3v) is 5.23. The smallest absolute Gasteiger partial charge is 0.261 e. The van der Waals surface area contributed by atoms with Crippen molar-refractivity contribution in [3.8, 4) is 17.2 Å². The van der Waals surface area contributed by atoms with E-state index in [9.17, 15) is 9.18 Å². The molecule has 1 amide bonds. The minimum atomic E-state index is -0.367. The summed E-state index contributed by atoms with van der Waals surface area (Å²) >= 11 is 3.24. The van der Waals surface area contributed by atoms with Gasteiger partial charge >= 0.3 is 0 Å². The molecule has 7 heteroatoms. The normalized spacial score (nSPS) is 16.3. The van der Waals surface area contributed by atoms with Gasteiger partial charge < -0.3 is 19.1 Å². The molecule has 0 N–H and O–H groups in total. The average Bonchev–Trinajstić information content (AvgIpc) is 3.16. The Hall–Kier alpha value is -2.28. The van der Waals surface area contributed by atoms with Crippen LogP contribution >= 0.6 is 15.9 Å². The van der Waals surface area contributed by atoms with Crippen LogP contribution in [-0.2, 0) is 4.79 Å². The quantitative estimate of drug-likeness (QED) is 0.673.